The molecular weight excluding hydrogens is 259 g/mol. The van der Waals surface area contributed by atoms with E-state index < -0.39 is 11.1 Å². The normalized spacial score (nSPS) is 11.4. The Kier molecular flexibility index (Phi) is 5.91. The molecule has 0 N–H and O–H groups in total. The molecule has 1 atom stereocenters. The van der Waals surface area contributed by atoms with Gasteiger partial charge in [0.15, 0.2) is 5.78 Å². The van der Waals surface area contributed by atoms with E-state index in [2.05, 4.69) is 0 Å². The average Bonchev–Trinajstić information content (AvgIpc) is 2.39. The molecule has 2 aromatic carbocycles. The van der Waals surface area contributed by atoms with Crippen molar-refractivity contribution in [3.05, 3.63) is 65.7 Å². The van der Waals surface area contributed by atoms with Crippen molar-refractivity contribution in [2.75, 3.05) is 0 Å². The van der Waals surface area contributed by atoms with Crippen LogP contribution >= 0.6 is 0 Å². The molecule has 0 amide bonds. The summed E-state index contributed by atoms with van der Waals surface area (Å²) in [6.45, 7) is 0. The van der Waals surface area contributed by atoms with E-state index in [0.29, 0.717) is 5.56 Å². The Morgan fingerprint density at radius 1 is 0.944 bits per heavy atom. The minimum absolute atomic E-state index is 0. The van der Waals surface area contributed by atoms with Gasteiger partial charge in [0.05, 0.1) is 0 Å². The summed E-state index contributed by atoms with van der Waals surface area (Å²) >= 11 is -2.41. The van der Waals surface area contributed by atoms with Crippen LogP contribution in [-0.2, 0) is 11.1 Å². The van der Waals surface area contributed by atoms with E-state index in [0.717, 1.165) is 0 Å². The van der Waals surface area contributed by atoms with Crippen LogP contribution in [0.25, 0.3) is 0 Å². The van der Waals surface area contributed by atoms with Gasteiger partial charge in [0.2, 0.25) is 0 Å². The molecule has 0 saturated heterocycles. The van der Waals surface area contributed by atoms with Crippen molar-refractivity contribution >= 4 is 16.9 Å². The summed E-state index contributed by atoms with van der Waals surface area (Å²) in [6.07, 6.45) is 0. The Labute approximate surface area is 130 Å². The van der Waals surface area contributed by atoms with Crippen LogP contribution < -0.4 is 29.6 Å². The first-order valence-corrected chi connectivity index (χ1v) is 6.05. The molecule has 3 nitrogen and oxygen atoms in total. The van der Waals surface area contributed by atoms with Crippen LogP contribution in [0.3, 0.4) is 0 Å². The molecule has 0 aromatic heterocycles. The van der Waals surface area contributed by atoms with Gasteiger partial charge in [-0.15, -0.1) is 0 Å². The standard InChI is InChI=1S/C13H10O3S.Na/c14-13(10-6-2-1-3-7-10)11-8-4-5-9-12(11)17(15)16;/h1-9H,(H,15,16);/q;+1/p-1. The summed E-state index contributed by atoms with van der Waals surface area (Å²) in [4.78, 5) is 12.1. The van der Waals surface area contributed by atoms with E-state index in [-0.39, 0.29) is 45.8 Å². The molecule has 0 aliphatic carbocycles. The zero-order chi connectivity index (χ0) is 12.3. The molecule has 5 heteroatoms. The molecule has 1 unspecified atom stereocenters. The predicted octanol–water partition coefficient (Wildman–Crippen LogP) is -0.840. The fourth-order valence-corrected chi connectivity index (χ4v) is 2.07. The molecule has 0 radical (unpaired) electrons. The van der Waals surface area contributed by atoms with Crippen LogP contribution in [0, 0.1) is 0 Å². The van der Waals surface area contributed by atoms with Crippen LogP contribution in [0.2, 0.25) is 0 Å². The predicted molar refractivity (Wildman–Crippen MR) is 63.5 cm³/mol. The number of hydrogen-bond donors (Lipinski definition) is 0. The van der Waals surface area contributed by atoms with Crippen molar-refractivity contribution in [2.45, 2.75) is 4.90 Å². The third kappa shape index (κ3) is 3.37. The number of hydrogen-bond acceptors (Lipinski definition) is 3. The van der Waals surface area contributed by atoms with Gasteiger partial charge in [0.25, 0.3) is 0 Å². The molecule has 0 heterocycles. The maximum Gasteiger partial charge on any atom is 1.00 e. The molecular formula is C13H9NaO3S. The molecule has 18 heavy (non-hydrogen) atoms. The first kappa shape index (κ1) is 15.3. The number of carbonyl (C=O) groups is 1. The van der Waals surface area contributed by atoms with Gasteiger partial charge in [-0.3, -0.25) is 9.00 Å². The summed E-state index contributed by atoms with van der Waals surface area (Å²) in [7, 11) is 0. The average molecular weight is 268 g/mol. The maximum absolute atomic E-state index is 12.1. The van der Waals surface area contributed by atoms with E-state index in [9.17, 15) is 13.6 Å². The Hall–Kier alpha value is -0.780. The smallest absolute Gasteiger partial charge is 0.768 e. The van der Waals surface area contributed by atoms with E-state index in [4.69, 9.17) is 0 Å². The number of rotatable bonds is 3. The van der Waals surface area contributed by atoms with E-state index >= 15 is 0 Å². The number of ketones is 1. The second-order valence-electron chi connectivity index (χ2n) is 3.43. The van der Waals surface area contributed by atoms with Gasteiger partial charge >= 0.3 is 29.6 Å². The molecule has 0 fully saturated rings. The zero-order valence-corrected chi connectivity index (χ0v) is 12.6. The summed E-state index contributed by atoms with van der Waals surface area (Å²) in [5, 5.41) is 0. The summed E-state index contributed by atoms with van der Waals surface area (Å²) in [6, 6.07) is 14.8. The van der Waals surface area contributed by atoms with Gasteiger partial charge in [0.1, 0.15) is 0 Å². The van der Waals surface area contributed by atoms with Crippen molar-refractivity contribution < 1.29 is 43.1 Å². The second kappa shape index (κ2) is 6.97. The van der Waals surface area contributed by atoms with Crippen molar-refractivity contribution in [3.63, 3.8) is 0 Å². The number of carbonyl (C=O) groups excluding carboxylic acids is 1. The summed E-state index contributed by atoms with van der Waals surface area (Å²) < 4.78 is 22.0. The van der Waals surface area contributed by atoms with Gasteiger partial charge in [-0.1, -0.05) is 42.5 Å². The molecule has 2 rings (SSSR count). The second-order valence-corrected chi connectivity index (χ2v) is 4.34. The van der Waals surface area contributed by atoms with E-state index in [1.807, 2.05) is 0 Å². The largest absolute Gasteiger partial charge is 1.00 e. The zero-order valence-electron chi connectivity index (χ0n) is 9.83. The van der Waals surface area contributed by atoms with E-state index in [1.54, 1.807) is 42.5 Å². The molecule has 2 aromatic rings. The van der Waals surface area contributed by atoms with Gasteiger partial charge in [0, 0.05) is 16.0 Å². The third-order valence-electron chi connectivity index (χ3n) is 2.35. The third-order valence-corrected chi connectivity index (χ3v) is 3.06. The monoisotopic (exact) mass is 268 g/mol. The molecule has 0 aliphatic rings. The van der Waals surface area contributed by atoms with Crippen LogP contribution in [0.15, 0.2) is 59.5 Å². The van der Waals surface area contributed by atoms with Gasteiger partial charge < -0.3 is 4.55 Å². The fraction of sp³-hybridized carbons (Fsp3) is 0. The van der Waals surface area contributed by atoms with Crippen LogP contribution in [0.1, 0.15) is 15.9 Å². The van der Waals surface area contributed by atoms with Crippen LogP contribution in [-0.4, -0.2) is 14.5 Å². The minimum Gasteiger partial charge on any atom is -0.768 e. The molecule has 0 bridgehead atoms. The Bertz CT molecular complexity index is 569. The van der Waals surface area contributed by atoms with Gasteiger partial charge in [-0.25, -0.2) is 0 Å². The first-order chi connectivity index (χ1) is 8.20. The summed E-state index contributed by atoms with van der Waals surface area (Å²) in [5.74, 6) is -0.287. The van der Waals surface area contributed by atoms with Crippen molar-refractivity contribution in [1.82, 2.24) is 0 Å². The Balaban J connectivity index is 0.00000162. The van der Waals surface area contributed by atoms with Crippen LogP contribution in [0.5, 0.6) is 0 Å². The Morgan fingerprint density at radius 3 is 2.11 bits per heavy atom. The van der Waals surface area contributed by atoms with Crippen molar-refractivity contribution in [3.8, 4) is 0 Å². The minimum atomic E-state index is -2.41. The SMILES string of the molecule is O=C(c1ccccc1)c1ccccc1S(=O)[O-].[Na+]. The Morgan fingerprint density at radius 2 is 1.50 bits per heavy atom. The molecule has 0 aliphatic heterocycles. The first-order valence-electron chi connectivity index (χ1n) is 4.98. The quantitative estimate of drug-likeness (QED) is 0.414. The molecule has 0 saturated carbocycles. The van der Waals surface area contributed by atoms with Crippen molar-refractivity contribution in [2.24, 2.45) is 0 Å². The maximum atomic E-state index is 12.1. The summed E-state index contributed by atoms with van der Waals surface area (Å²) in [5.41, 5.74) is 0.678. The molecule has 86 valence electrons. The molecule has 0 spiro atoms. The van der Waals surface area contributed by atoms with Gasteiger partial charge in [-0.05, 0) is 23.2 Å². The number of benzene rings is 2. The fourth-order valence-electron chi connectivity index (χ4n) is 1.54. The van der Waals surface area contributed by atoms with Gasteiger partial charge in [-0.2, -0.15) is 0 Å². The topological polar surface area (TPSA) is 57.2 Å². The van der Waals surface area contributed by atoms with E-state index in [1.165, 1.54) is 12.1 Å². The van der Waals surface area contributed by atoms with Crippen LogP contribution in [0.4, 0.5) is 0 Å². The van der Waals surface area contributed by atoms with Crippen molar-refractivity contribution in [1.29, 1.82) is 0 Å².